The molecule has 1 heterocycles. The van der Waals surface area contributed by atoms with E-state index < -0.39 is 0 Å². The molecule has 0 radical (unpaired) electrons. The Morgan fingerprint density at radius 2 is 1.95 bits per heavy atom. The SMILES string of the molecule is CC(C)(CNCCCO)c1ccc2c(c1)OCCO2. The van der Waals surface area contributed by atoms with Crippen LogP contribution in [0.4, 0.5) is 0 Å². The number of rotatable bonds is 6. The number of nitrogens with one attached hydrogen (secondary N) is 1. The van der Waals surface area contributed by atoms with E-state index >= 15 is 0 Å². The average molecular weight is 265 g/mol. The Kier molecular flexibility index (Phi) is 4.66. The summed E-state index contributed by atoms with van der Waals surface area (Å²) in [5.41, 5.74) is 1.25. The van der Waals surface area contributed by atoms with E-state index in [9.17, 15) is 0 Å². The number of hydrogen-bond acceptors (Lipinski definition) is 4. The molecule has 0 fully saturated rings. The van der Waals surface area contributed by atoms with Gasteiger partial charge in [-0.2, -0.15) is 0 Å². The molecule has 0 aromatic heterocycles. The first-order valence-corrected chi connectivity index (χ1v) is 6.85. The standard InChI is InChI=1S/C15H23NO3/c1-15(2,11-16-6-3-7-17)12-4-5-13-14(10-12)19-9-8-18-13/h4-5,10,16-17H,3,6-9,11H2,1-2H3. The van der Waals surface area contributed by atoms with Crippen LogP contribution in [0.15, 0.2) is 18.2 Å². The molecule has 4 nitrogen and oxygen atoms in total. The highest BCUT2D eigenvalue weighted by molar-refractivity contribution is 5.45. The van der Waals surface area contributed by atoms with Gasteiger partial charge in [0, 0.05) is 18.6 Å². The monoisotopic (exact) mass is 265 g/mol. The molecule has 4 heteroatoms. The fourth-order valence-corrected chi connectivity index (χ4v) is 2.17. The number of ether oxygens (including phenoxy) is 2. The fraction of sp³-hybridized carbons (Fsp3) is 0.600. The molecule has 2 N–H and O–H groups in total. The zero-order valence-corrected chi connectivity index (χ0v) is 11.7. The normalized spacial score (nSPS) is 14.5. The average Bonchev–Trinajstić information content (AvgIpc) is 2.43. The molecule has 1 aliphatic rings. The Hall–Kier alpha value is -1.26. The van der Waals surface area contributed by atoms with Crippen molar-refractivity contribution in [3.8, 4) is 11.5 Å². The third-order valence-corrected chi connectivity index (χ3v) is 3.40. The maximum atomic E-state index is 8.77. The summed E-state index contributed by atoms with van der Waals surface area (Å²) < 4.78 is 11.2. The lowest BCUT2D eigenvalue weighted by molar-refractivity contribution is 0.171. The first-order valence-electron chi connectivity index (χ1n) is 6.85. The van der Waals surface area contributed by atoms with Crippen LogP contribution in [0.25, 0.3) is 0 Å². The minimum Gasteiger partial charge on any atom is -0.486 e. The van der Waals surface area contributed by atoms with E-state index in [1.807, 2.05) is 6.07 Å². The molecule has 1 aliphatic heterocycles. The molecule has 1 aromatic carbocycles. The maximum absolute atomic E-state index is 8.77. The van der Waals surface area contributed by atoms with Gasteiger partial charge in [0.1, 0.15) is 13.2 Å². The molecule has 0 spiro atoms. The third-order valence-electron chi connectivity index (χ3n) is 3.40. The van der Waals surface area contributed by atoms with Crippen molar-refractivity contribution in [1.82, 2.24) is 5.32 Å². The van der Waals surface area contributed by atoms with Crippen LogP contribution in [0.3, 0.4) is 0 Å². The predicted octanol–water partition coefficient (Wildman–Crippen LogP) is 1.71. The first-order chi connectivity index (χ1) is 9.13. The van der Waals surface area contributed by atoms with E-state index in [4.69, 9.17) is 14.6 Å². The molecule has 0 bridgehead atoms. The quantitative estimate of drug-likeness (QED) is 0.769. The van der Waals surface area contributed by atoms with Crippen molar-refractivity contribution in [3.05, 3.63) is 23.8 Å². The largest absolute Gasteiger partial charge is 0.486 e. The van der Waals surface area contributed by atoms with Crippen LogP contribution in [0.1, 0.15) is 25.8 Å². The molecule has 0 atom stereocenters. The van der Waals surface area contributed by atoms with Gasteiger partial charge in [0.05, 0.1) is 0 Å². The second-order valence-electron chi connectivity index (χ2n) is 5.50. The molecular formula is C15H23NO3. The summed E-state index contributed by atoms with van der Waals surface area (Å²) in [6.07, 6.45) is 0.789. The second kappa shape index (κ2) is 6.26. The Morgan fingerprint density at radius 1 is 1.21 bits per heavy atom. The molecule has 2 rings (SSSR count). The second-order valence-corrected chi connectivity index (χ2v) is 5.50. The van der Waals surface area contributed by atoms with Gasteiger partial charge in [-0.3, -0.25) is 0 Å². The van der Waals surface area contributed by atoms with E-state index in [1.54, 1.807) is 0 Å². The Morgan fingerprint density at radius 3 is 2.68 bits per heavy atom. The molecule has 19 heavy (non-hydrogen) atoms. The zero-order chi connectivity index (χ0) is 13.7. The van der Waals surface area contributed by atoms with Crippen LogP contribution >= 0.6 is 0 Å². The molecule has 106 valence electrons. The van der Waals surface area contributed by atoms with E-state index in [0.717, 1.165) is 31.0 Å². The van der Waals surface area contributed by atoms with Gasteiger partial charge in [0.15, 0.2) is 11.5 Å². The highest BCUT2D eigenvalue weighted by Gasteiger charge is 2.22. The fourth-order valence-electron chi connectivity index (χ4n) is 2.17. The van der Waals surface area contributed by atoms with Crippen LogP contribution in [0.2, 0.25) is 0 Å². The lowest BCUT2D eigenvalue weighted by atomic mass is 9.84. The molecular weight excluding hydrogens is 242 g/mol. The summed E-state index contributed by atoms with van der Waals surface area (Å²) in [6, 6.07) is 6.16. The Balaban J connectivity index is 2.03. The van der Waals surface area contributed by atoms with Gasteiger partial charge in [0.25, 0.3) is 0 Å². The number of fused-ring (bicyclic) bond motifs is 1. The number of aliphatic hydroxyl groups excluding tert-OH is 1. The van der Waals surface area contributed by atoms with Crippen molar-refractivity contribution >= 4 is 0 Å². The van der Waals surface area contributed by atoms with Crippen LogP contribution in [-0.4, -0.2) is 38.0 Å². The van der Waals surface area contributed by atoms with Crippen molar-refractivity contribution < 1.29 is 14.6 Å². The smallest absolute Gasteiger partial charge is 0.161 e. The summed E-state index contributed by atoms with van der Waals surface area (Å²) in [4.78, 5) is 0. The highest BCUT2D eigenvalue weighted by Crippen LogP contribution is 2.34. The van der Waals surface area contributed by atoms with Crippen molar-refractivity contribution in [1.29, 1.82) is 0 Å². The Labute approximate surface area is 114 Å². The molecule has 1 aromatic rings. The summed E-state index contributed by atoms with van der Waals surface area (Å²) in [7, 11) is 0. The van der Waals surface area contributed by atoms with Gasteiger partial charge in [-0.1, -0.05) is 19.9 Å². The topological polar surface area (TPSA) is 50.7 Å². The predicted molar refractivity (Wildman–Crippen MR) is 75.0 cm³/mol. The number of benzene rings is 1. The summed E-state index contributed by atoms with van der Waals surface area (Å²) in [5, 5.41) is 12.1. The van der Waals surface area contributed by atoms with Gasteiger partial charge in [-0.25, -0.2) is 0 Å². The van der Waals surface area contributed by atoms with Gasteiger partial charge in [0.2, 0.25) is 0 Å². The van der Waals surface area contributed by atoms with E-state index in [2.05, 4.69) is 31.3 Å². The van der Waals surface area contributed by atoms with Crippen LogP contribution in [-0.2, 0) is 5.41 Å². The Bertz CT molecular complexity index is 418. The van der Waals surface area contributed by atoms with E-state index in [-0.39, 0.29) is 12.0 Å². The molecule has 0 amide bonds. The molecule has 0 unspecified atom stereocenters. The van der Waals surface area contributed by atoms with Crippen molar-refractivity contribution in [2.75, 3.05) is 32.9 Å². The molecule has 0 saturated carbocycles. The number of hydrogen-bond donors (Lipinski definition) is 2. The number of aliphatic hydroxyl groups is 1. The third kappa shape index (κ3) is 3.61. The van der Waals surface area contributed by atoms with Gasteiger partial charge < -0.3 is 19.9 Å². The van der Waals surface area contributed by atoms with Crippen molar-refractivity contribution in [3.63, 3.8) is 0 Å². The van der Waals surface area contributed by atoms with Crippen molar-refractivity contribution in [2.24, 2.45) is 0 Å². The van der Waals surface area contributed by atoms with Gasteiger partial charge in [-0.15, -0.1) is 0 Å². The van der Waals surface area contributed by atoms with Crippen LogP contribution in [0.5, 0.6) is 11.5 Å². The summed E-state index contributed by atoms with van der Waals surface area (Å²) in [6.45, 7) is 7.58. The van der Waals surface area contributed by atoms with Crippen LogP contribution in [0, 0.1) is 0 Å². The highest BCUT2D eigenvalue weighted by atomic mass is 16.6. The van der Waals surface area contributed by atoms with Crippen LogP contribution < -0.4 is 14.8 Å². The van der Waals surface area contributed by atoms with E-state index in [0.29, 0.717) is 13.2 Å². The van der Waals surface area contributed by atoms with Gasteiger partial charge in [-0.05, 0) is 30.7 Å². The van der Waals surface area contributed by atoms with Crippen molar-refractivity contribution in [2.45, 2.75) is 25.7 Å². The lowest BCUT2D eigenvalue weighted by Gasteiger charge is -2.28. The minimum atomic E-state index is 0.0191. The lowest BCUT2D eigenvalue weighted by Crippen LogP contribution is -2.33. The summed E-state index contributed by atoms with van der Waals surface area (Å²) >= 11 is 0. The minimum absolute atomic E-state index is 0.0191. The molecule has 0 aliphatic carbocycles. The molecule has 0 saturated heterocycles. The first kappa shape index (κ1) is 14.2. The van der Waals surface area contributed by atoms with E-state index in [1.165, 1.54) is 5.56 Å². The maximum Gasteiger partial charge on any atom is 0.161 e. The zero-order valence-electron chi connectivity index (χ0n) is 11.7. The summed E-state index contributed by atoms with van der Waals surface area (Å²) in [5.74, 6) is 1.67. The van der Waals surface area contributed by atoms with Gasteiger partial charge >= 0.3 is 0 Å².